The summed E-state index contributed by atoms with van der Waals surface area (Å²) in [5.41, 5.74) is -0.353. The topological polar surface area (TPSA) is 73.1 Å². The highest BCUT2D eigenvalue weighted by Crippen LogP contribution is 2.22. The number of benzene rings is 3. The van der Waals surface area contributed by atoms with Crippen molar-refractivity contribution in [3.8, 4) is 0 Å². The molecule has 0 saturated carbocycles. The number of hydrogen-bond donors (Lipinski definition) is 1. The summed E-state index contributed by atoms with van der Waals surface area (Å²) in [7, 11) is 0. The van der Waals surface area contributed by atoms with Gasteiger partial charge in [0.05, 0.1) is 28.2 Å². The highest BCUT2D eigenvalue weighted by molar-refractivity contribution is 6.33. The molecule has 0 saturated heterocycles. The van der Waals surface area contributed by atoms with E-state index in [1.165, 1.54) is 30.3 Å². The van der Waals surface area contributed by atoms with E-state index in [9.17, 15) is 23.2 Å². The summed E-state index contributed by atoms with van der Waals surface area (Å²) in [5, 5.41) is 2.86. The molecule has 0 aliphatic carbocycles. The molecule has 9 heteroatoms. The molecule has 4 aromatic rings. The Bertz CT molecular complexity index is 1450. The van der Waals surface area contributed by atoms with Crippen LogP contribution in [0.1, 0.15) is 5.56 Å². The van der Waals surface area contributed by atoms with E-state index in [0.29, 0.717) is 5.56 Å². The number of nitrogens with zero attached hydrogens (tertiary/aromatic N) is 2. The zero-order valence-electron chi connectivity index (χ0n) is 16.5. The third-order valence-electron chi connectivity index (χ3n) is 4.89. The van der Waals surface area contributed by atoms with Crippen LogP contribution in [-0.2, 0) is 17.9 Å². The number of rotatable bonds is 5. The minimum atomic E-state index is -0.710. The number of para-hydroxylation sites is 1. The van der Waals surface area contributed by atoms with Gasteiger partial charge in [0.2, 0.25) is 5.91 Å². The van der Waals surface area contributed by atoms with Crippen LogP contribution in [0.4, 0.5) is 14.5 Å². The molecular formula is C23H16ClF2N3O3. The molecule has 0 unspecified atom stereocenters. The second-order valence-electron chi connectivity index (χ2n) is 7.08. The lowest BCUT2D eigenvalue weighted by atomic mass is 10.2. The van der Waals surface area contributed by atoms with Crippen LogP contribution in [0.5, 0.6) is 0 Å². The van der Waals surface area contributed by atoms with Crippen LogP contribution in [-0.4, -0.2) is 15.0 Å². The van der Waals surface area contributed by atoms with Gasteiger partial charge in [0, 0.05) is 0 Å². The molecule has 1 N–H and O–H groups in total. The number of fused-ring (bicyclic) bond motifs is 1. The predicted molar refractivity (Wildman–Crippen MR) is 118 cm³/mol. The maximum absolute atomic E-state index is 13.5. The maximum Gasteiger partial charge on any atom is 0.332 e. The minimum absolute atomic E-state index is 0.0636. The lowest BCUT2D eigenvalue weighted by Crippen LogP contribution is -2.42. The Morgan fingerprint density at radius 3 is 2.34 bits per heavy atom. The lowest BCUT2D eigenvalue weighted by molar-refractivity contribution is -0.116. The van der Waals surface area contributed by atoms with Gasteiger partial charge in [0.1, 0.15) is 18.2 Å². The van der Waals surface area contributed by atoms with E-state index >= 15 is 0 Å². The average molecular weight is 456 g/mol. The second kappa shape index (κ2) is 8.76. The minimum Gasteiger partial charge on any atom is -0.323 e. The summed E-state index contributed by atoms with van der Waals surface area (Å²) in [6.07, 6.45) is 0. The summed E-state index contributed by atoms with van der Waals surface area (Å²) in [5.74, 6) is -1.65. The monoisotopic (exact) mass is 455 g/mol. The van der Waals surface area contributed by atoms with Crippen molar-refractivity contribution in [3.05, 3.63) is 110 Å². The van der Waals surface area contributed by atoms with E-state index in [2.05, 4.69) is 5.32 Å². The molecule has 1 aromatic heterocycles. The average Bonchev–Trinajstić information content (AvgIpc) is 2.78. The summed E-state index contributed by atoms with van der Waals surface area (Å²) in [6, 6.07) is 15.3. The quantitative estimate of drug-likeness (QED) is 0.497. The Balaban J connectivity index is 1.75. The molecular weight excluding hydrogens is 440 g/mol. The molecule has 1 heterocycles. The van der Waals surface area contributed by atoms with Crippen molar-refractivity contribution in [1.29, 1.82) is 0 Å². The standard InChI is InChI=1S/C23H16ClF2N3O3/c24-18-10-9-16(26)11-19(18)27-21(30)13-28-20-4-2-1-3-17(20)22(31)29(23(28)32)12-14-5-7-15(25)8-6-14/h1-11H,12-13H2,(H,27,30). The van der Waals surface area contributed by atoms with Crippen LogP contribution >= 0.6 is 11.6 Å². The molecule has 0 radical (unpaired) electrons. The first-order valence-electron chi connectivity index (χ1n) is 9.55. The summed E-state index contributed by atoms with van der Waals surface area (Å²) in [4.78, 5) is 38.8. The van der Waals surface area contributed by atoms with E-state index in [1.54, 1.807) is 24.3 Å². The molecule has 6 nitrogen and oxygen atoms in total. The maximum atomic E-state index is 13.5. The van der Waals surface area contributed by atoms with Crippen LogP contribution in [0, 0.1) is 11.6 Å². The molecule has 162 valence electrons. The van der Waals surface area contributed by atoms with Crippen molar-refractivity contribution >= 4 is 34.1 Å². The predicted octanol–water partition coefficient (Wildman–Crippen LogP) is 3.78. The van der Waals surface area contributed by atoms with Crippen LogP contribution in [0.25, 0.3) is 10.9 Å². The van der Waals surface area contributed by atoms with Gasteiger partial charge in [-0.05, 0) is 48.0 Å². The van der Waals surface area contributed by atoms with Crippen molar-refractivity contribution in [2.45, 2.75) is 13.1 Å². The number of halogens is 3. The molecule has 0 atom stereocenters. The lowest BCUT2D eigenvalue weighted by Gasteiger charge is -2.14. The molecule has 0 fully saturated rings. The Kier molecular flexibility index (Phi) is 5.87. The number of anilines is 1. The van der Waals surface area contributed by atoms with Gasteiger partial charge in [-0.3, -0.25) is 18.7 Å². The van der Waals surface area contributed by atoms with Crippen molar-refractivity contribution in [3.63, 3.8) is 0 Å². The smallest absolute Gasteiger partial charge is 0.323 e. The first kappa shape index (κ1) is 21.5. The van der Waals surface area contributed by atoms with Crippen molar-refractivity contribution < 1.29 is 13.6 Å². The number of hydrogen-bond acceptors (Lipinski definition) is 3. The van der Waals surface area contributed by atoms with Gasteiger partial charge in [0.25, 0.3) is 5.56 Å². The molecule has 32 heavy (non-hydrogen) atoms. The first-order valence-corrected chi connectivity index (χ1v) is 9.93. The van der Waals surface area contributed by atoms with Crippen LogP contribution in [0.15, 0.2) is 76.3 Å². The highest BCUT2D eigenvalue weighted by Gasteiger charge is 2.16. The van der Waals surface area contributed by atoms with Crippen molar-refractivity contribution in [2.24, 2.45) is 0 Å². The summed E-state index contributed by atoms with van der Waals surface area (Å²) in [6.45, 7) is -0.532. The van der Waals surface area contributed by atoms with Gasteiger partial charge >= 0.3 is 5.69 Å². The SMILES string of the molecule is O=C(Cn1c(=O)n(Cc2ccc(F)cc2)c(=O)c2ccccc21)Nc1cc(F)ccc1Cl. The fourth-order valence-corrected chi connectivity index (χ4v) is 3.53. The van der Waals surface area contributed by atoms with Gasteiger partial charge in [0.15, 0.2) is 0 Å². The third-order valence-corrected chi connectivity index (χ3v) is 5.22. The normalized spacial score (nSPS) is 11.0. The zero-order chi connectivity index (χ0) is 22.8. The third kappa shape index (κ3) is 4.31. The van der Waals surface area contributed by atoms with Gasteiger partial charge in [-0.2, -0.15) is 0 Å². The Hall–Kier alpha value is -3.78. The van der Waals surface area contributed by atoms with E-state index in [0.717, 1.165) is 21.3 Å². The summed E-state index contributed by atoms with van der Waals surface area (Å²) >= 11 is 5.99. The number of carbonyl (C=O) groups is 1. The molecule has 1 amide bonds. The fourth-order valence-electron chi connectivity index (χ4n) is 3.36. The Morgan fingerprint density at radius 2 is 1.59 bits per heavy atom. The second-order valence-corrected chi connectivity index (χ2v) is 7.48. The van der Waals surface area contributed by atoms with Crippen LogP contribution in [0.2, 0.25) is 5.02 Å². The zero-order valence-corrected chi connectivity index (χ0v) is 17.3. The molecule has 4 rings (SSSR count). The number of carbonyl (C=O) groups excluding carboxylic acids is 1. The van der Waals surface area contributed by atoms with Gasteiger partial charge in [-0.25, -0.2) is 13.6 Å². The molecule has 0 spiro atoms. The van der Waals surface area contributed by atoms with Crippen LogP contribution < -0.4 is 16.6 Å². The first-order chi connectivity index (χ1) is 15.3. The molecule has 3 aromatic carbocycles. The van der Waals surface area contributed by atoms with Crippen molar-refractivity contribution in [1.82, 2.24) is 9.13 Å². The van der Waals surface area contributed by atoms with E-state index < -0.39 is 35.3 Å². The van der Waals surface area contributed by atoms with E-state index in [4.69, 9.17) is 11.6 Å². The number of aromatic nitrogens is 2. The molecule has 0 bridgehead atoms. The van der Waals surface area contributed by atoms with Crippen LogP contribution in [0.3, 0.4) is 0 Å². The van der Waals surface area contributed by atoms with Gasteiger partial charge in [-0.15, -0.1) is 0 Å². The Labute approximate surface area is 185 Å². The molecule has 0 aliphatic rings. The van der Waals surface area contributed by atoms with E-state index in [1.807, 2.05) is 0 Å². The highest BCUT2D eigenvalue weighted by atomic mass is 35.5. The van der Waals surface area contributed by atoms with Crippen molar-refractivity contribution in [2.75, 3.05) is 5.32 Å². The molecule has 0 aliphatic heterocycles. The fraction of sp³-hybridized carbons (Fsp3) is 0.0870. The largest absolute Gasteiger partial charge is 0.332 e. The number of nitrogens with one attached hydrogen (secondary N) is 1. The number of amides is 1. The Morgan fingerprint density at radius 1 is 0.906 bits per heavy atom. The summed E-state index contributed by atoms with van der Waals surface area (Å²) < 4.78 is 28.9. The van der Waals surface area contributed by atoms with E-state index in [-0.39, 0.29) is 28.2 Å². The van der Waals surface area contributed by atoms with Gasteiger partial charge < -0.3 is 5.32 Å². The van der Waals surface area contributed by atoms with Gasteiger partial charge in [-0.1, -0.05) is 35.9 Å².